The van der Waals surface area contributed by atoms with Gasteiger partial charge in [-0.15, -0.1) is 0 Å². The van der Waals surface area contributed by atoms with E-state index in [1.54, 1.807) is 0 Å². The first-order valence-corrected chi connectivity index (χ1v) is 17.9. The first-order chi connectivity index (χ1) is 22.9. The number of fused-ring (bicyclic) bond motifs is 4. The zero-order valence-electron chi connectivity index (χ0n) is 28.3. The maximum Gasteiger partial charge on any atom is 0.252 e. The summed E-state index contributed by atoms with van der Waals surface area (Å²) in [5.74, 6) is 0.211. The van der Waals surface area contributed by atoms with Gasteiger partial charge in [0, 0.05) is 70.7 Å². The third kappa shape index (κ3) is 5.79. The molecule has 4 aromatic rings. The number of benzene rings is 2. The molecule has 246 valence electrons. The van der Waals surface area contributed by atoms with Crippen molar-refractivity contribution in [2.24, 2.45) is 7.05 Å². The number of nitrogens with one attached hydrogen (secondary N) is 3. The van der Waals surface area contributed by atoms with Gasteiger partial charge in [-0.3, -0.25) is 9.59 Å². The van der Waals surface area contributed by atoms with E-state index in [-0.39, 0.29) is 11.8 Å². The number of carbonyl (C=O) groups excluding carboxylic acids is 2. The summed E-state index contributed by atoms with van der Waals surface area (Å²) in [6.45, 7) is 6.01. The minimum atomic E-state index is -0.943. The molecule has 2 saturated carbocycles. The minimum absolute atomic E-state index is 0.127. The Morgan fingerprint density at radius 3 is 2.53 bits per heavy atom. The van der Waals surface area contributed by atoms with Crippen molar-refractivity contribution in [1.29, 1.82) is 0 Å². The summed E-state index contributed by atoms with van der Waals surface area (Å²) in [4.78, 5) is 28.2. The highest BCUT2D eigenvalue weighted by atomic mass is 16.2. The number of aromatic nitrogens is 2. The molecule has 0 unspecified atom stereocenters. The van der Waals surface area contributed by atoms with Crippen LogP contribution in [0, 0.1) is 0 Å². The summed E-state index contributed by atoms with van der Waals surface area (Å²) in [7, 11) is 2.02. The van der Waals surface area contributed by atoms with Gasteiger partial charge < -0.3 is 25.1 Å². The zero-order chi connectivity index (χ0) is 32.5. The van der Waals surface area contributed by atoms with Crippen LogP contribution in [0.1, 0.15) is 112 Å². The lowest BCUT2D eigenvalue weighted by Crippen LogP contribution is -2.57. The third-order valence-corrected chi connectivity index (χ3v) is 11.0. The van der Waals surface area contributed by atoms with Crippen molar-refractivity contribution < 1.29 is 9.59 Å². The highest BCUT2D eigenvalue weighted by molar-refractivity contribution is 6.06. The van der Waals surface area contributed by atoms with Gasteiger partial charge in [0.2, 0.25) is 5.91 Å². The number of nitrogens with zero attached hydrogens (tertiary/aromatic N) is 2. The van der Waals surface area contributed by atoms with Crippen molar-refractivity contribution >= 4 is 44.9 Å². The highest BCUT2D eigenvalue weighted by Crippen LogP contribution is 2.44. The Hall–Kier alpha value is -4.26. The fourth-order valence-corrected chi connectivity index (χ4v) is 8.53. The van der Waals surface area contributed by atoms with Crippen LogP contribution in [0.15, 0.2) is 66.5 Å². The lowest BCUT2D eigenvalue weighted by atomic mass is 9.80. The fourth-order valence-electron chi connectivity index (χ4n) is 8.53. The fraction of sp³-hybridized carbons (Fsp3) is 0.450. The Morgan fingerprint density at radius 2 is 1.77 bits per heavy atom. The van der Waals surface area contributed by atoms with E-state index in [2.05, 4.69) is 69.3 Å². The average molecular weight is 632 g/mol. The molecular weight excluding hydrogens is 582 g/mol. The van der Waals surface area contributed by atoms with Crippen LogP contribution in [0.5, 0.6) is 0 Å². The molecule has 0 atom stereocenters. The second-order valence-electron chi connectivity index (χ2n) is 13.9. The largest absolute Gasteiger partial charge is 0.386 e. The molecule has 0 saturated heterocycles. The van der Waals surface area contributed by atoms with Gasteiger partial charge in [0.1, 0.15) is 5.54 Å². The smallest absolute Gasteiger partial charge is 0.252 e. The van der Waals surface area contributed by atoms with Crippen molar-refractivity contribution in [2.45, 2.75) is 102 Å². The first-order valence-electron chi connectivity index (χ1n) is 17.9. The lowest BCUT2D eigenvalue weighted by Gasteiger charge is -2.36. The summed E-state index contributed by atoms with van der Waals surface area (Å²) in [6.07, 6.45) is 17.8. The van der Waals surface area contributed by atoms with Gasteiger partial charge in [0.25, 0.3) is 5.91 Å². The molecule has 3 N–H and O–H groups in total. The number of hydrogen-bond donors (Lipinski definition) is 3. The van der Waals surface area contributed by atoms with Gasteiger partial charge in [-0.25, -0.2) is 0 Å². The normalized spacial score (nSPS) is 18.7. The van der Waals surface area contributed by atoms with Crippen molar-refractivity contribution in [3.8, 4) is 0 Å². The molecule has 7 nitrogen and oxygen atoms in total. The predicted molar refractivity (Wildman–Crippen MR) is 193 cm³/mol. The molecular formula is C40H49N5O2. The number of carbonyl (C=O) groups is 2. The minimum Gasteiger partial charge on any atom is -0.386 e. The van der Waals surface area contributed by atoms with Crippen LogP contribution in [0.3, 0.4) is 0 Å². The van der Waals surface area contributed by atoms with Crippen LogP contribution in [-0.2, 0) is 18.4 Å². The van der Waals surface area contributed by atoms with E-state index in [9.17, 15) is 9.59 Å². The molecule has 47 heavy (non-hydrogen) atoms. The molecule has 2 aliphatic carbocycles. The molecule has 2 fully saturated rings. The standard InChI is InChI=1S/C40H49N5O2/c1-4-12-31-33(5-2)41-22-24-45-35-26-29(15-17-32(35)36(37(31)45)27-13-8-6-9-14-27)38(46)43-40(20-10-7-11-21-40)39(47)42-30-16-18-34-28(25-30)19-23-44(34)3/h4,12,15-19,23,25-27,41H,5-11,13-14,20-22,24H2,1-3H3,(H,42,47)(H,43,46)/b12-4-. The van der Waals surface area contributed by atoms with E-state index < -0.39 is 5.54 Å². The molecule has 1 aliphatic heterocycles. The summed E-state index contributed by atoms with van der Waals surface area (Å²) >= 11 is 0. The SMILES string of the molecule is C/C=C\C1=C(CC)NCCn2c1c(C1CCCCC1)c1ccc(C(=O)NC3(C(=O)Nc4ccc5c(ccn5C)c4)CCCCC3)cc12. The predicted octanol–water partition coefficient (Wildman–Crippen LogP) is 8.55. The third-order valence-electron chi connectivity index (χ3n) is 11.0. The number of aryl methyl sites for hydroxylation is 1. The maximum atomic E-state index is 14.2. The van der Waals surface area contributed by atoms with Gasteiger partial charge >= 0.3 is 0 Å². The monoisotopic (exact) mass is 631 g/mol. The quantitative estimate of drug-likeness (QED) is 0.191. The summed E-state index contributed by atoms with van der Waals surface area (Å²) in [5, 5.41) is 12.5. The molecule has 3 aliphatic rings. The number of allylic oxidation sites excluding steroid dienone is 4. The van der Waals surface area contributed by atoms with Crippen LogP contribution >= 0.6 is 0 Å². The zero-order valence-corrected chi connectivity index (χ0v) is 28.3. The Bertz CT molecular complexity index is 1880. The van der Waals surface area contributed by atoms with E-state index in [0.29, 0.717) is 24.3 Å². The van der Waals surface area contributed by atoms with Gasteiger partial charge in [-0.2, -0.15) is 0 Å². The lowest BCUT2D eigenvalue weighted by molar-refractivity contribution is -0.123. The Kier molecular flexibility index (Phi) is 8.73. The summed E-state index contributed by atoms with van der Waals surface area (Å²) in [6, 6.07) is 14.3. The van der Waals surface area contributed by atoms with Crippen molar-refractivity contribution in [2.75, 3.05) is 11.9 Å². The van der Waals surface area contributed by atoms with Crippen LogP contribution < -0.4 is 16.0 Å². The van der Waals surface area contributed by atoms with Gasteiger partial charge in [-0.1, -0.05) is 63.7 Å². The van der Waals surface area contributed by atoms with Crippen molar-refractivity contribution in [1.82, 2.24) is 19.8 Å². The second-order valence-corrected chi connectivity index (χ2v) is 13.9. The molecule has 7 rings (SSSR count). The Morgan fingerprint density at radius 1 is 0.979 bits per heavy atom. The van der Waals surface area contributed by atoms with Crippen LogP contribution in [0.2, 0.25) is 0 Å². The summed E-state index contributed by atoms with van der Waals surface area (Å²) in [5.41, 5.74) is 8.00. The van der Waals surface area contributed by atoms with E-state index in [0.717, 1.165) is 60.9 Å². The maximum absolute atomic E-state index is 14.2. The molecule has 2 aromatic heterocycles. The number of amides is 2. The van der Waals surface area contributed by atoms with E-state index in [4.69, 9.17) is 0 Å². The molecule has 0 radical (unpaired) electrons. The summed E-state index contributed by atoms with van der Waals surface area (Å²) < 4.78 is 4.53. The number of rotatable bonds is 7. The molecule has 0 bridgehead atoms. The van der Waals surface area contributed by atoms with E-state index >= 15 is 0 Å². The number of hydrogen-bond acceptors (Lipinski definition) is 3. The molecule has 0 spiro atoms. The van der Waals surface area contributed by atoms with Crippen molar-refractivity contribution in [3.05, 3.63) is 83.3 Å². The Labute approximate surface area is 278 Å². The van der Waals surface area contributed by atoms with Crippen LogP contribution in [-0.4, -0.2) is 33.0 Å². The molecule has 7 heteroatoms. The molecule has 2 aromatic carbocycles. The van der Waals surface area contributed by atoms with Gasteiger partial charge in [0.15, 0.2) is 0 Å². The topological polar surface area (TPSA) is 80.1 Å². The first kappa shape index (κ1) is 31.3. The van der Waals surface area contributed by atoms with Crippen LogP contribution in [0.4, 0.5) is 5.69 Å². The highest BCUT2D eigenvalue weighted by Gasteiger charge is 2.41. The van der Waals surface area contributed by atoms with E-state index in [1.807, 2.05) is 37.5 Å². The number of anilines is 1. The van der Waals surface area contributed by atoms with Crippen molar-refractivity contribution in [3.63, 3.8) is 0 Å². The van der Waals surface area contributed by atoms with E-state index in [1.165, 1.54) is 60.0 Å². The Balaban J connectivity index is 1.25. The molecule has 2 amide bonds. The average Bonchev–Trinajstić information content (AvgIpc) is 3.56. The van der Waals surface area contributed by atoms with Gasteiger partial charge in [0.05, 0.1) is 5.69 Å². The van der Waals surface area contributed by atoms with Crippen LogP contribution in [0.25, 0.3) is 27.4 Å². The van der Waals surface area contributed by atoms with Gasteiger partial charge in [-0.05, 0) is 86.9 Å². The second kappa shape index (κ2) is 13.1. The molecule has 3 heterocycles.